The highest BCUT2D eigenvalue weighted by Gasteiger charge is 2.12. The summed E-state index contributed by atoms with van der Waals surface area (Å²) in [6.07, 6.45) is 5.21. The third-order valence-electron chi connectivity index (χ3n) is 3.15. The van der Waals surface area contributed by atoms with E-state index in [0.29, 0.717) is 6.42 Å². The summed E-state index contributed by atoms with van der Waals surface area (Å²) in [6, 6.07) is 7.15. The van der Waals surface area contributed by atoms with Gasteiger partial charge in [0.2, 0.25) is 5.91 Å². The molecule has 2 rings (SSSR count). The standard InChI is InChI=1S/C15H20N4O/c1-3-5-13(16)15(20)18-12-7-4-6-11(10-12)14-17-8-9-19(14)2/h4,6-10,13H,3,5,16H2,1-2H3,(H,18,20). The van der Waals surface area contributed by atoms with E-state index < -0.39 is 6.04 Å². The predicted molar refractivity (Wildman–Crippen MR) is 80.2 cm³/mol. The summed E-state index contributed by atoms with van der Waals surface area (Å²) in [7, 11) is 1.94. The smallest absolute Gasteiger partial charge is 0.241 e. The van der Waals surface area contributed by atoms with Crippen LogP contribution in [-0.4, -0.2) is 21.5 Å². The molecular formula is C15H20N4O. The van der Waals surface area contributed by atoms with Crippen LogP contribution in [-0.2, 0) is 11.8 Å². The van der Waals surface area contributed by atoms with E-state index in [-0.39, 0.29) is 5.91 Å². The molecule has 5 heteroatoms. The number of imidazole rings is 1. The molecule has 1 amide bonds. The van der Waals surface area contributed by atoms with Gasteiger partial charge >= 0.3 is 0 Å². The van der Waals surface area contributed by atoms with Gasteiger partial charge in [-0.15, -0.1) is 0 Å². The highest BCUT2D eigenvalue weighted by atomic mass is 16.2. The molecule has 106 valence electrons. The third-order valence-corrected chi connectivity index (χ3v) is 3.15. The number of carbonyl (C=O) groups excluding carboxylic acids is 1. The molecule has 0 saturated carbocycles. The van der Waals surface area contributed by atoms with Crippen molar-refractivity contribution < 1.29 is 4.79 Å². The lowest BCUT2D eigenvalue weighted by atomic mass is 10.1. The van der Waals surface area contributed by atoms with Crippen LogP contribution in [0.2, 0.25) is 0 Å². The highest BCUT2D eigenvalue weighted by molar-refractivity contribution is 5.95. The monoisotopic (exact) mass is 272 g/mol. The fraction of sp³-hybridized carbons (Fsp3) is 0.333. The molecule has 1 heterocycles. The van der Waals surface area contributed by atoms with Gasteiger partial charge in [0.1, 0.15) is 5.82 Å². The van der Waals surface area contributed by atoms with Crippen molar-refractivity contribution in [3.05, 3.63) is 36.7 Å². The SMILES string of the molecule is CCCC(N)C(=O)Nc1cccc(-c2nccn2C)c1. The van der Waals surface area contributed by atoms with Crippen LogP contribution in [0.4, 0.5) is 5.69 Å². The average Bonchev–Trinajstić information content (AvgIpc) is 2.85. The second-order valence-corrected chi connectivity index (χ2v) is 4.83. The van der Waals surface area contributed by atoms with Gasteiger partial charge in [-0.3, -0.25) is 4.79 Å². The lowest BCUT2D eigenvalue weighted by Gasteiger charge is -2.12. The molecule has 0 fully saturated rings. The topological polar surface area (TPSA) is 72.9 Å². The van der Waals surface area contributed by atoms with Gasteiger partial charge < -0.3 is 15.6 Å². The molecule has 1 aromatic carbocycles. The molecule has 0 aliphatic heterocycles. The van der Waals surface area contributed by atoms with Gasteiger partial charge in [0, 0.05) is 30.7 Å². The average molecular weight is 272 g/mol. The predicted octanol–water partition coefficient (Wildman–Crippen LogP) is 2.15. The Bertz CT molecular complexity index is 591. The summed E-state index contributed by atoms with van der Waals surface area (Å²) in [5, 5.41) is 2.85. The maximum atomic E-state index is 11.9. The van der Waals surface area contributed by atoms with Crippen molar-refractivity contribution in [2.75, 3.05) is 5.32 Å². The summed E-state index contributed by atoms with van der Waals surface area (Å²) >= 11 is 0. The van der Waals surface area contributed by atoms with E-state index >= 15 is 0 Å². The van der Waals surface area contributed by atoms with E-state index in [1.54, 1.807) is 6.20 Å². The van der Waals surface area contributed by atoms with Crippen molar-refractivity contribution in [3.63, 3.8) is 0 Å². The maximum absolute atomic E-state index is 11.9. The molecule has 0 spiro atoms. The largest absolute Gasteiger partial charge is 0.334 e. The fourth-order valence-corrected chi connectivity index (χ4v) is 2.06. The molecule has 20 heavy (non-hydrogen) atoms. The lowest BCUT2D eigenvalue weighted by Crippen LogP contribution is -2.35. The zero-order valence-corrected chi connectivity index (χ0v) is 11.8. The van der Waals surface area contributed by atoms with Crippen LogP contribution in [0.3, 0.4) is 0 Å². The number of anilines is 1. The minimum Gasteiger partial charge on any atom is -0.334 e. The van der Waals surface area contributed by atoms with Crippen molar-refractivity contribution in [3.8, 4) is 11.4 Å². The van der Waals surface area contributed by atoms with E-state index in [9.17, 15) is 4.79 Å². The first kappa shape index (κ1) is 14.3. The fourth-order valence-electron chi connectivity index (χ4n) is 2.06. The molecule has 5 nitrogen and oxygen atoms in total. The minimum atomic E-state index is -0.461. The normalized spacial score (nSPS) is 12.2. The number of aromatic nitrogens is 2. The van der Waals surface area contributed by atoms with Gasteiger partial charge in [-0.25, -0.2) is 4.98 Å². The molecule has 0 aliphatic carbocycles. The zero-order chi connectivity index (χ0) is 14.5. The minimum absolute atomic E-state index is 0.149. The number of aryl methyl sites for hydroxylation is 1. The van der Waals surface area contributed by atoms with E-state index in [1.807, 2.05) is 49.0 Å². The second kappa shape index (κ2) is 6.34. The molecule has 0 bridgehead atoms. The van der Waals surface area contributed by atoms with E-state index in [0.717, 1.165) is 23.5 Å². The number of nitrogens with one attached hydrogen (secondary N) is 1. The molecule has 1 aromatic heterocycles. The molecule has 3 N–H and O–H groups in total. The number of hydrogen-bond donors (Lipinski definition) is 2. The Labute approximate surface area is 118 Å². The first-order valence-corrected chi connectivity index (χ1v) is 6.76. The Hall–Kier alpha value is -2.14. The molecule has 0 radical (unpaired) electrons. The van der Waals surface area contributed by atoms with Gasteiger partial charge in [-0.1, -0.05) is 25.5 Å². The molecule has 0 saturated heterocycles. The molecule has 0 aliphatic rings. The summed E-state index contributed by atoms with van der Waals surface area (Å²) < 4.78 is 1.93. The number of nitrogens with zero attached hydrogens (tertiary/aromatic N) is 2. The Morgan fingerprint density at radius 2 is 2.30 bits per heavy atom. The van der Waals surface area contributed by atoms with Gasteiger partial charge in [0.05, 0.1) is 6.04 Å². The Balaban J connectivity index is 2.15. The summed E-state index contributed by atoms with van der Waals surface area (Å²) in [5.74, 6) is 0.711. The van der Waals surface area contributed by atoms with E-state index in [2.05, 4.69) is 10.3 Å². The summed E-state index contributed by atoms with van der Waals surface area (Å²) in [5.41, 5.74) is 7.50. The Kier molecular flexibility index (Phi) is 4.53. The van der Waals surface area contributed by atoms with Gasteiger partial charge in [-0.05, 0) is 18.6 Å². The molecule has 1 unspecified atom stereocenters. The van der Waals surface area contributed by atoms with Crippen LogP contribution in [0, 0.1) is 0 Å². The van der Waals surface area contributed by atoms with Crippen LogP contribution >= 0.6 is 0 Å². The van der Waals surface area contributed by atoms with E-state index in [4.69, 9.17) is 5.73 Å². The number of amides is 1. The van der Waals surface area contributed by atoms with Gasteiger partial charge in [0.25, 0.3) is 0 Å². The van der Waals surface area contributed by atoms with Crippen molar-refractivity contribution in [2.24, 2.45) is 12.8 Å². The second-order valence-electron chi connectivity index (χ2n) is 4.83. The third kappa shape index (κ3) is 3.24. The molecule has 1 atom stereocenters. The summed E-state index contributed by atoms with van der Waals surface area (Å²) in [4.78, 5) is 16.2. The number of rotatable bonds is 5. The zero-order valence-electron chi connectivity index (χ0n) is 11.8. The number of benzene rings is 1. The van der Waals surface area contributed by atoms with Crippen LogP contribution < -0.4 is 11.1 Å². The molecular weight excluding hydrogens is 252 g/mol. The van der Waals surface area contributed by atoms with Crippen LogP contribution in [0.1, 0.15) is 19.8 Å². The van der Waals surface area contributed by atoms with Gasteiger partial charge in [-0.2, -0.15) is 0 Å². The molecule has 2 aromatic rings. The van der Waals surface area contributed by atoms with Crippen molar-refractivity contribution in [1.82, 2.24) is 9.55 Å². The first-order chi connectivity index (χ1) is 9.61. The Morgan fingerprint density at radius 3 is 2.95 bits per heavy atom. The van der Waals surface area contributed by atoms with Gasteiger partial charge in [0.15, 0.2) is 0 Å². The lowest BCUT2D eigenvalue weighted by molar-refractivity contribution is -0.117. The van der Waals surface area contributed by atoms with Crippen LogP contribution in [0.5, 0.6) is 0 Å². The Morgan fingerprint density at radius 1 is 1.50 bits per heavy atom. The van der Waals surface area contributed by atoms with Crippen molar-refractivity contribution in [2.45, 2.75) is 25.8 Å². The number of hydrogen-bond acceptors (Lipinski definition) is 3. The number of nitrogens with two attached hydrogens (primary N) is 1. The van der Waals surface area contributed by atoms with Crippen LogP contribution in [0.15, 0.2) is 36.7 Å². The maximum Gasteiger partial charge on any atom is 0.241 e. The van der Waals surface area contributed by atoms with Crippen molar-refractivity contribution >= 4 is 11.6 Å². The highest BCUT2D eigenvalue weighted by Crippen LogP contribution is 2.20. The van der Waals surface area contributed by atoms with Crippen molar-refractivity contribution in [1.29, 1.82) is 0 Å². The number of carbonyl (C=O) groups is 1. The van der Waals surface area contributed by atoms with Crippen LogP contribution in [0.25, 0.3) is 11.4 Å². The summed E-state index contributed by atoms with van der Waals surface area (Å²) in [6.45, 7) is 2.01. The van der Waals surface area contributed by atoms with E-state index in [1.165, 1.54) is 0 Å². The quantitative estimate of drug-likeness (QED) is 0.876. The first-order valence-electron chi connectivity index (χ1n) is 6.76.